The molecule has 0 spiro atoms. The number of alkyl halides is 1. The van der Waals surface area contributed by atoms with Gasteiger partial charge in [-0.1, -0.05) is 6.92 Å². The number of hydrogen-bond acceptors (Lipinski definition) is 4. The van der Waals surface area contributed by atoms with Gasteiger partial charge in [0.15, 0.2) is 0 Å². The quantitative estimate of drug-likeness (QED) is 0.683. The molecule has 0 saturated carbocycles. The Labute approximate surface area is 119 Å². The highest BCUT2D eigenvalue weighted by atomic mass is 35.5. The molecular weight excluding hydrogens is 268 g/mol. The molecule has 3 nitrogen and oxygen atoms in total. The minimum absolute atomic E-state index is 0.317. The standard InChI is InChI=1S/C13H23ClN2OS/c1-5-10(2)16(6-7-17-4)11(3)13-15-12(8-14)9-18-13/h9-11H,5-8H2,1-4H3. The van der Waals surface area contributed by atoms with E-state index in [1.807, 2.05) is 5.38 Å². The van der Waals surface area contributed by atoms with Crippen LogP contribution in [0.5, 0.6) is 0 Å². The van der Waals surface area contributed by atoms with E-state index in [9.17, 15) is 0 Å². The Hall–Kier alpha value is -0.160. The highest BCUT2D eigenvalue weighted by molar-refractivity contribution is 7.09. The van der Waals surface area contributed by atoms with Gasteiger partial charge in [0, 0.05) is 25.1 Å². The van der Waals surface area contributed by atoms with Crippen LogP contribution in [0.2, 0.25) is 0 Å². The Balaban J connectivity index is 2.76. The lowest BCUT2D eigenvalue weighted by Gasteiger charge is -2.32. The lowest BCUT2D eigenvalue weighted by atomic mass is 10.1. The zero-order valence-electron chi connectivity index (χ0n) is 11.6. The van der Waals surface area contributed by atoms with Gasteiger partial charge in [0.25, 0.3) is 0 Å². The normalized spacial score (nSPS) is 15.0. The van der Waals surface area contributed by atoms with E-state index >= 15 is 0 Å². The first-order chi connectivity index (χ1) is 8.63. The lowest BCUT2D eigenvalue weighted by molar-refractivity contribution is 0.0938. The van der Waals surface area contributed by atoms with Crippen molar-refractivity contribution in [2.24, 2.45) is 0 Å². The number of methoxy groups -OCH3 is 1. The summed E-state index contributed by atoms with van der Waals surface area (Å²) in [6.07, 6.45) is 1.13. The third-order valence-corrected chi connectivity index (χ3v) is 4.61. The van der Waals surface area contributed by atoms with Gasteiger partial charge in [-0.25, -0.2) is 4.98 Å². The molecule has 0 amide bonds. The molecule has 0 aliphatic heterocycles. The van der Waals surface area contributed by atoms with Crippen LogP contribution in [-0.2, 0) is 10.6 Å². The van der Waals surface area contributed by atoms with Crippen molar-refractivity contribution in [2.45, 2.75) is 45.2 Å². The SMILES string of the molecule is CCC(C)N(CCOC)C(C)c1nc(CCl)cs1. The molecule has 18 heavy (non-hydrogen) atoms. The minimum Gasteiger partial charge on any atom is -0.383 e. The number of hydrogen-bond donors (Lipinski definition) is 0. The summed E-state index contributed by atoms with van der Waals surface area (Å²) in [6, 6.07) is 0.843. The number of rotatable bonds is 8. The summed E-state index contributed by atoms with van der Waals surface area (Å²) in [5.41, 5.74) is 0.972. The topological polar surface area (TPSA) is 25.4 Å². The van der Waals surface area contributed by atoms with Crippen LogP contribution in [0, 0.1) is 0 Å². The molecule has 0 aliphatic rings. The third kappa shape index (κ3) is 4.19. The zero-order chi connectivity index (χ0) is 13.5. The number of ether oxygens (including phenoxy) is 1. The maximum Gasteiger partial charge on any atom is 0.110 e. The average Bonchev–Trinajstić information content (AvgIpc) is 2.87. The zero-order valence-corrected chi connectivity index (χ0v) is 13.2. The second-order valence-corrected chi connectivity index (χ2v) is 5.63. The fourth-order valence-corrected chi connectivity index (χ4v) is 3.07. The molecule has 0 aliphatic carbocycles. The molecule has 2 atom stereocenters. The first-order valence-corrected chi connectivity index (χ1v) is 7.80. The van der Waals surface area contributed by atoms with Crippen LogP contribution in [0.25, 0.3) is 0 Å². The Morgan fingerprint density at radius 1 is 1.50 bits per heavy atom. The van der Waals surface area contributed by atoms with Crippen molar-refractivity contribution in [3.05, 3.63) is 16.1 Å². The van der Waals surface area contributed by atoms with Crippen molar-refractivity contribution in [3.8, 4) is 0 Å². The Morgan fingerprint density at radius 2 is 2.22 bits per heavy atom. The molecule has 1 rings (SSSR count). The van der Waals surface area contributed by atoms with Crippen LogP contribution in [0.4, 0.5) is 0 Å². The van der Waals surface area contributed by atoms with E-state index in [1.54, 1.807) is 18.4 Å². The summed E-state index contributed by atoms with van der Waals surface area (Å²) < 4.78 is 5.20. The van der Waals surface area contributed by atoms with E-state index in [2.05, 4.69) is 30.7 Å². The maximum absolute atomic E-state index is 5.81. The largest absolute Gasteiger partial charge is 0.383 e. The van der Waals surface area contributed by atoms with Gasteiger partial charge in [-0.2, -0.15) is 0 Å². The Kier molecular flexibility index (Phi) is 7.15. The fourth-order valence-electron chi connectivity index (χ4n) is 1.94. The van der Waals surface area contributed by atoms with Crippen LogP contribution >= 0.6 is 22.9 Å². The molecular formula is C13H23ClN2OS. The molecule has 0 N–H and O–H groups in total. The number of aromatic nitrogens is 1. The maximum atomic E-state index is 5.81. The van der Waals surface area contributed by atoms with Crippen molar-refractivity contribution in [3.63, 3.8) is 0 Å². The van der Waals surface area contributed by atoms with Crippen molar-refractivity contribution in [2.75, 3.05) is 20.3 Å². The van der Waals surface area contributed by atoms with Gasteiger partial charge in [0.2, 0.25) is 0 Å². The lowest BCUT2D eigenvalue weighted by Crippen LogP contribution is -2.37. The summed E-state index contributed by atoms with van der Waals surface area (Å²) >= 11 is 7.50. The van der Waals surface area contributed by atoms with Gasteiger partial charge in [-0.05, 0) is 20.3 Å². The Morgan fingerprint density at radius 3 is 2.72 bits per heavy atom. The minimum atomic E-state index is 0.317. The first kappa shape index (κ1) is 15.9. The van der Waals surface area contributed by atoms with E-state index < -0.39 is 0 Å². The summed E-state index contributed by atoms with van der Waals surface area (Å²) in [7, 11) is 1.74. The number of halogens is 1. The summed E-state index contributed by atoms with van der Waals surface area (Å²) in [4.78, 5) is 7.02. The molecule has 1 aromatic rings. The number of thiazole rings is 1. The van der Waals surface area contributed by atoms with Crippen LogP contribution in [0.1, 0.15) is 43.9 Å². The first-order valence-electron chi connectivity index (χ1n) is 6.38. The van der Waals surface area contributed by atoms with Gasteiger partial charge in [0.1, 0.15) is 5.01 Å². The highest BCUT2D eigenvalue weighted by Gasteiger charge is 2.22. The van der Waals surface area contributed by atoms with Crippen molar-refractivity contribution >= 4 is 22.9 Å². The average molecular weight is 291 g/mol. The van der Waals surface area contributed by atoms with Crippen molar-refractivity contribution < 1.29 is 4.74 Å². The van der Waals surface area contributed by atoms with Gasteiger partial charge in [-0.15, -0.1) is 22.9 Å². The molecule has 1 heterocycles. The second kappa shape index (κ2) is 8.10. The third-order valence-electron chi connectivity index (χ3n) is 3.27. The van der Waals surface area contributed by atoms with E-state index in [-0.39, 0.29) is 0 Å². The molecule has 0 saturated heterocycles. The van der Waals surface area contributed by atoms with E-state index in [0.29, 0.717) is 18.0 Å². The Bertz CT molecular complexity index is 345. The molecule has 2 unspecified atom stereocenters. The predicted molar refractivity (Wildman–Crippen MR) is 78.4 cm³/mol. The molecule has 1 aromatic heterocycles. The van der Waals surface area contributed by atoms with Crippen LogP contribution in [0.3, 0.4) is 0 Å². The fraction of sp³-hybridized carbons (Fsp3) is 0.769. The second-order valence-electron chi connectivity index (χ2n) is 4.47. The van der Waals surface area contributed by atoms with E-state index in [0.717, 1.165) is 30.3 Å². The summed E-state index contributed by atoms with van der Waals surface area (Å²) in [5.74, 6) is 0.491. The summed E-state index contributed by atoms with van der Waals surface area (Å²) in [5, 5.41) is 3.19. The highest BCUT2D eigenvalue weighted by Crippen LogP contribution is 2.26. The van der Waals surface area contributed by atoms with Gasteiger partial charge in [0.05, 0.1) is 24.2 Å². The van der Waals surface area contributed by atoms with E-state index in [4.69, 9.17) is 16.3 Å². The van der Waals surface area contributed by atoms with Gasteiger partial charge >= 0.3 is 0 Å². The molecule has 0 fully saturated rings. The summed E-state index contributed by atoms with van der Waals surface area (Å²) in [6.45, 7) is 8.36. The molecule has 0 radical (unpaired) electrons. The van der Waals surface area contributed by atoms with Crippen molar-refractivity contribution in [1.82, 2.24) is 9.88 Å². The van der Waals surface area contributed by atoms with Crippen LogP contribution in [0.15, 0.2) is 5.38 Å². The van der Waals surface area contributed by atoms with Gasteiger partial charge < -0.3 is 4.74 Å². The molecule has 0 bridgehead atoms. The van der Waals surface area contributed by atoms with Crippen LogP contribution < -0.4 is 0 Å². The monoisotopic (exact) mass is 290 g/mol. The molecule has 104 valence electrons. The smallest absolute Gasteiger partial charge is 0.110 e. The predicted octanol–water partition coefficient (Wildman–Crippen LogP) is 3.69. The van der Waals surface area contributed by atoms with Gasteiger partial charge in [-0.3, -0.25) is 4.90 Å². The number of nitrogens with zero attached hydrogens (tertiary/aromatic N) is 2. The van der Waals surface area contributed by atoms with Crippen LogP contribution in [-0.4, -0.2) is 36.2 Å². The molecule has 0 aromatic carbocycles. The van der Waals surface area contributed by atoms with Crippen molar-refractivity contribution in [1.29, 1.82) is 0 Å². The molecule has 5 heteroatoms. The van der Waals surface area contributed by atoms with E-state index in [1.165, 1.54) is 0 Å².